The average Bonchev–Trinajstić information content (AvgIpc) is 2.88. The molecule has 1 heterocycles. The van der Waals surface area contributed by atoms with Crippen molar-refractivity contribution in [3.63, 3.8) is 0 Å². The maximum atomic E-state index is 10.1. The molecule has 0 amide bonds. The van der Waals surface area contributed by atoms with Gasteiger partial charge in [0.25, 0.3) is 0 Å². The molecule has 1 unspecified atom stereocenters. The third-order valence-electron chi connectivity index (χ3n) is 4.09. The predicted molar refractivity (Wildman–Crippen MR) is 82.4 cm³/mol. The van der Waals surface area contributed by atoms with Crippen LogP contribution in [0.15, 0.2) is 12.1 Å². The summed E-state index contributed by atoms with van der Waals surface area (Å²) in [4.78, 5) is 0. The summed E-state index contributed by atoms with van der Waals surface area (Å²) in [6, 6.07) is 3.93. The Kier molecular flexibility index (Phi) is 5.70. The number of ether oxygens (including phenoxy) is 1. The minimum absolute atomic E-state index is 0.293. The van der Waals surface area contributed by atoms with E-state index in [1.54, 1.807) is 0 Å². The van der Waals surface area contributed by atoms with Gasteiger partial charge in [-0.3, -0.25) is 0 Å². The molecule has 0 bridgehead atoms. The SMILES string of the molecule is CCC(CC)C(O)CNCc1cc(Cl)cc2c1OCC2. The van der Waals surface area contributed by atoms with Gasteiger partial charge < -0.3 is 15.2 Å². The molecule has 112 valence electrons. The Hall–Kier alpha value is -0.770. The molecule has 1 aromatic carbocycles. The standard InChI is InChI=1S/C16H24ClNO2/c1-3-11(4-2)15(19)10-18-9-13-8-14(17)7-12-5-6-20-16(12)13/h7-8,11,15,18-19H,3-6,9-10H2,1-2H3. The number of aliphatic hydroxyl groups is 1. The van der Waals surface area contributed by atoms with Crippen molar-refractivity contribution in [2.45, 2.75) is 45.8 Å². The number of aliphatic hydroxyl groups excluding tert-OH is 1. The van der Waals surface area contributed by atoms with Crippen LogP contribution in [0.25, 0.3) is 0 Å². The lowest BCUT2D eigenvalue weighted by Crippen LogP contribution is -2.32. The average molecular weight is 298 g/mol. The number of halogens is 1. The Morgan fingerprint density at radius 3 is 2.80 bits per heavy atom. The van der Waals surface area contributed by atoms with Crippen molar-refractivity contribution in [1.82, 2.24) is 5.32 Å². The first-order valence-corrected chi connectivity index (χ1v) is 7.86. The molecule has 1 aliphatic heterocycles. The molecule has 0 saturated carbocycles. The van der Waals surface area contributed by atoms with Crippen molar-refractivity contribution < 1.29 is 9.84 Å². The second kappa shape index (κ2) is 7.30. The van der Waals surface area contributed by atoms with Gasteiger partial charge >= 0.3 is 0 Å². The lowest BCUT2D eigenvalue weighted by atomic mass is 9.96. The summed E-state index contributed by atoms with van der Waals surface area (Å²) in [6.45, 7) is 6.26. The van der Waals surface area contributed by atoms with Gasteiger partial charge in [-0.05, 0) is 23.6 Å². The van der Waals surface area contributed by atoms with Crippen LogP contribution in [-0.4, -0.2) is 24.4 Å². The van der Waals surface area contributed by atoms with Crippen LogP contribution < -0.4 is 10.1 Å². The molecule has 0 fully saturated rings. The normalized spacial score (nSPS) is 15.2. The largest absolute Gasteiger partial charge is 0.493 e. The number of nitrogens with one attached hydrogen (secondary N) is 1. The van der Waals surface area contributed by atoms with Crippen molar-refractivity contribution in [1.29, 1.82) is 0 Å². The molecule has 0 saturated heterocycles. The van der Waals surface area contributed by atoms with Crippen molar-refractivity contribution >= 4 is 11.6 Å². The van der Waals surface area contributed by atoms with Crippen LogP contribution in [0.4, 0.5) is 0 Å². The van der Waals surface area contributed by atoms with E-state index in [9.17, 15) is 5.11 Å². The fraction of sp³-hybridized carbons (Fsp3) is 0.625. The van der Waals surface area contributed by atoms with E-state index in [0.717, 1.165) is 42.2 Å². The van der Waals surface area contributed by atoms with Crippen molar-refractivity contribution in [2.24, 2.45) is 5.92 Å². The highest BCUT2D eigenvalue weighted by Crippen LogP contribution is 2.32. The van der Waals surface area contributed by atoms with Crippen LogP contribution in [0.3, 0.4) is 0 Å². The lowest BCUT2D eigenvalue weighted by molar-refractivity contribution is 0.101. The predicted octanol–water partition coefficient (Wildman–Crippen LogP) is 3.16. The quantitative estimate of drug-likeness (QED) is 0.812. The van der Waals surface area contributed by atoms with Crippen molar-refractivity contribution in [2.75, 3.05) is 13.2 Å². The molecule has 4 heteroatoms. The summed E-state index contributed by atoms with van der Waals surface area (Å²) in [5.41, 5.74) is 2.27. The number of hydrogen-bond acceptors (Lipinski definition) is 3. The molecule has 20 heavy (non-hydrogen) atoms. The first-order chi connectivity index (χ1) is 9.65. The van der Waals surface area contributed by atoms with Crippen LogP contribution in [0, 0.1) is 5.92 Å². The second-order valence-electron chi connectivity index (χ2n) is 5.43. The van der Waals surface area contributed by atoms with Crippen LogP contribution in [-0.2, 0) is 13.0 Å². The van der Waals surface area contributed by atoms with Crippen LogP contribution in [0.1, 0.15) is 37.8 Å². The van der Waals surface area contributed by atoms with Gasteiger partial charge in [-0.2, -0.15) is 0 Å². The second-order valence-corrected chi connectivity index (χ2v) is 5.86. The van der Waals surface area contributed by atoms with Gasteiger partial charge in [0.05, 0.1) is 12.7 Å². The third-order valence-corrected chi connectivity index (χ3v) is 4.31. The Morgan fingerprint density at radius 1 is 1.35 bits per heavy atom. The van der Waals surface area contributed by atoms with Gasteiger partial charge in [0.2, 0.25) is 0 Å². The van der Waals surface area contributed by atoms with E-state index in [2.05, 4.69) is 19.2 Å². The van der Waals surface area contributed by atoms with E-state index in [-0.39, 0.29) is 6.10 Å². The minimum atomic E-state index is -0.293. The maximum absolute atomic E-state index is 10.1. The topological polar surface area (TPSA) is 41.5 Å². The number of benzene rings is 1. The molecule has 1 atom stereocenters. The van der Waals surface area contributed by atoms with Crippen LogP contribution >= 0.6 is 11.6 Å². The van der Waals surface area contributed by atoms with Crippen molar-refractivity contribution in [3.05, 3.63) is 28.3 Å². The molecule has 0 aromatic heterocycles. The van der Waals surface area contributed by atoms with E-state index in [4.69, 9.17) is 16.3 Å². The van der Waals surface area contributed by atoms with Gasteiger partial charge in [-0.15, -0.1) is 0 Å². The summed E-state index contributed by atoms with van der Waals surface area (Å²) in [5.74, 6) is 1.34. The first kappa shape index (κ1) is 15.6. The summed E-state index contributed by atoms with van der Waals surface area (Å²) >= 11 is 6.13. The molecular formula is C16H24ClNO2. The molecule has 2 N–H and O–H groups in total. The fourth-order valence-electron chi connectivity index (χ4n) is 2.83. The minimum Gasteiger partial charge on any atom is -0.493 e. The Morgan fingerprint density at radius 2 is 2.10 bits per heavy atom. The monoisotopic (exact) mass is 297 g/mol. The van der Waals surface area contributed by atoms with E-state index in [1.165, 1.54) is 5.56 Å². The zero-order chi connectivity index (χ0) is 14.5. The molecule has 2 rings (SSSR count). The van der Waals surface area contributed by atoms with Crippen LogP contribution in [0.2, 0.25) is 5.02 Å². The zero-order valence-electron chi connectivity index (χ0n) is 12.3. The highest BCUT2D eigenvalue weighted by Gasteiger charge is 2.18. The maximum Gasteiger partial charge on any atom is 0.127 e. The summed E-state index contributed by atoms with van der Waals surface area (Å²) < 4.78 is 5.67. The summed E-state index contributed by atoms with van der Waals surface area (Å²) in [6.07, 6.45) is 2.65. The molecule has 0 radical (unpaired) electrons. The highest BCUT2D eigenvalue weighted by atomic mass is 35.5. The van der Waals surface area contributed by atoms with E-state index >= 15 is 0 Å². The molecular weight excluding hydrogens is 274 g/mol. The third kappa shape index (κ3) is 3.66. The number of rotatable bonds is 7. The molecule has 3 nitrogen and oxygen atoms in total. The van der Waals surface area contributed by atoms with Gasteiger partial charge in [-0.1, -0.05) is 38.3 Å². The first-order valence-electron chi connectivity index (χ1n) is 7.48. The molecule has 1 aromatic rings. The lowest BCUT2D eigenvalue weighted by Gasteiger charge is -2.20. The van der Waals surface area contributed by atoms with Gasteiger partial charge in [0, 0.05) is 30.1 Å². The number of fused-ring (bicyclic) bond motifs is 1. The van der Waals surface area contributed by atoms with Crippen LogP contribution in [0.5, 0.6) is 5.75 Å². The summed E-state index contributed by atoms with van der Waals surface area (Å²) in [7, 11) is 0. The number of hydrogen-bond donors (Lipinski definition) is 2. The Labute approximate surface area is 126 Å². The fourth-order valence-corrected chi connectivity index (χ4v) is 3.09. The van der Waals surface area contributed by atoms with Gasteiger partial charge in [0.15, 0.2) is 0 Å². The molecule has 1 aliphatic rings. The molecule has 0 spiro atoms. The smallest absolute Gasteiger partial charge is 0.127 e. The van der Waals surface area contributed by atoms with E-state index in [0.29, 0.717) is 19.0 Å². The Bertz CT molecular complexity index is 446. The van der Waals surface area contributed by atoms with E-state index < -0.39 is 0 Å². The van der Waals surface area contributed by atoms with Crippen molar-refractivity contribution in [3.8, 4) is 5.75 Å². The Balaban J connectivity index is 1.92. The highest BCUT2D eigenvalue weighted by molar-refractivity contribution is 6.30. The molecule has 0 aliphatic carbocycles. The summed E-state index contributed by atoms with van der Waals surface area (Å²) in [5, 5.41) is 14.2. The van der Waals surface area contributed by atoms with E-state index in [1.807, 2.05) is 12.1 Å². The zero-order valence-corrected chi connectivity index (χ0v) is 13.0. The van der Waals surface area contributed by atoms with Gasteiger partial charge in [-0.25, -0.2) is 0 Å². The van der Waals surface area contributed by atoms with Gasteiger partial charge in [0.1, 0.15) is 5.75 Å².